The second-order valence-electron chi connectivity index (χ2n) is 4.94. The quantitative estimate of drug-likeness (QED) is 0.498. The molecule has 0 aliphatic carbocycles. The lowest BCUT2D eigenvalue weighted by Gasteiger charge is -2.10. The second-order valence-corrected chi connectivity index (χ2v) is 6.36. The van der Waals surface area contributed by atoms with Crippen molar-refractivity contribution in [3.8, 4) is 16.9 Å². The molecule has 5 nitrogen and oxygen atoms in total. The standard InChI is InChI=1S/C16H13NO4S/c17-16-9-11(18)4-6-15(16)14-3-1-2-10-8-12(22(19,20)21)5-7-13(10)14/h1-9,18H,17H2,(H,19,20,21). The molecule has 4 N–H and O–H groups in total. The van der Waals surface area contributed by atoms with E-state index in [0.29, 0.717) is 11.1 Å². The highest BCUT2D eigenvalue weighted by molar-refractivity contribution is 7.85. The third-order valence-electron chi connectivity index (χ3n) is 3.48. The molecule has 0 heterocycles. The first-order valence-corrected chi connectivity index (χ1v) is 7.89. The van der Waals surface area contributed by atoms with E-state index in [2.05, 4.69) is 0 Å². The first kappa shape index (κ1) is 14.4. The molecule has 0 atom stereocenters. The molecular formula is C16H13NO4S. The summed E-state index contributed by atoms with van der Waals surface area (Å²) in [5.74, 6) is 0.0788. The van der Waals surface area contributed by atoms with Crippen LogP contribution in [0.4, 0.5) is 5.69 Å². The van der Waals surface area contributed by atoms with Crippen molar-refractivity contribution >= 4 is 26.6 Å². The van der Waals surface area contributed by atoms with Crippen LogP contribution in [-0.2, 0) is 10.1 Å². The number of aromatic hydroxyl groups is 1. The molecule has 0 unspecified atom stereocenters. The molecule has 0 bridgehead atoms. The van der Waals surface area contributed by atoms with Gasteiger partial charge in [0.1, 0.15) is 5.75 Å². The van der Waals surface area contributed by atoms with Gasteiger partial charge in [-0.3, -0.25) is 4.55 Å². The highest BCUT2D eigenvalue weighted by Gasteiger charge is 2.12. The monoisotopic (exact) mass is 315 g/mol. The van der Waals surface area contributed by atoms with Crippen LogP contribution in [0.15, 0.2) is 59.5 Å². The molecule has 0 fully saturated rings. The molecule has 112 valence electrons. The minimum absolute atomic E-state index is 0.0788. The number of anilines is 1. The fourth-order valence-corrected chi connectivity index (χ4v) is 2.97. The number of phenolic OH excluding ortho intramolecular Hbond substituents is 1. The number of hydrogen-bond acceptors (Lipinski definition) is 4. The van der Waals surface area contributed by atoms with E-state index in [0.717, 1.165) is 16.5 Å². The number of nitrogen functional groups attached to an aromatic ring is 1. The number of phenols is 1. The fourth-order valence-electron chi connectivity index (χ4n) is 2.45. The van der Waals surface area contributed by atoms with Crippen molar-refractivity contribution in [3.05, 3.63) is 54.6 Å². The Kier molecular flexibility index (Phi) is 3.27. The van der Waals surface area contributed by atoms with Crippen molar-refractivity contribution in [1.82, 2.24) is 0 Å². The average Bonchev–Trinajstić information content (AvgIpc) is 2.45. The maximum atomic E-state index is 11.2. The van der Waals surface area contributed by atoms with Gasteiger partial charge in [0.25, 0.3) is 10.1 Å². The smallest absolute Gasteiger partial charge is 0.294 e. The van der Waals surface area contributed by atoms with Gasteiger partial charge < -0.3 is 10.8 Å². The summed E-state index contributed by atoms with van der Waals surface area (Å²) in [5, 5.41) is 10.9. The molecule has 22 heavy (non-hydrogen) atoms. The summed E-state index contributed by atoms with van der Waals surface area (Å²) in [6.07, 6.45) is 0. The SMILES string of the molecule is Nc1cc(O)ccc1-c1cccc2cc(S(=O)(=O)O)ccc12. The number of benzene rings is 3. The number of hydrogen-bond donors (Lipinski definition) is 3. The van der Waals surface area contributed by atoms with E-state index in [9.17, 15) is 13.5 Å². The Labute approximate surface area is 127 Å². The molecule has 0 aromatic heterocycles. The maximum absolute atomic E-state index is 11.2. The van der Waals surface area contributed by atoms with Crippen molar-refractivity contribution in [1.29, 1.82) is 0 Å². The van der Waals surface area contributed by atoms with Crippen LogP contribution < -0.4 is 5.73 Å². The summed E-state index contributed by atoms with van der Waals surface area (Å²) >= 11 is 0. The topological polar surface area (TPSA) is 101 Å². The molecule has 0 amide bonds. The van der Waals surface area contributed by atoms with Gasteiger partial charge in [0, 0.05) is 17.3 Å². The van der Waals surface area contributed by atoms with Crippen molar-refractivity contribution < 1.29 is 18.1 Å². The predicted molar refractivity (Wildman–Crippen MR) is 85.3 cm³/mol. The fraction of sp³-hybridized carbons (Fsp3) is 0. The molecule has 0 spiro atoms. The zero-order valence-corrected chi connectivity index (χ0v) is 12.2. The Morgan fingerprint density at radius 1 is 0.909 bits per heavy atom. The van der Waals surface area contributed by atoms with Gasteiger partial charge in [-0.1, -0.05) is 24.3 Å². The van der Waals surface area contributed by atoms with Crippen LogP contribution in [0, 0.1) is 0 Å². The summed E-state index contributed by atoms with van der Waals surface area (Å²) in [4.78, 5) is -0.157. The van der Waals surface area contributed by atoms with Crippen LogP contribution >= 0.6 is 0 Å². The van der Waals surface area contributed by atoms with Gasteiger partial charge in [-0.05, 0) is 40.6 Å². The third-order valence-corrected chi connectivity index (χ3v) is 4.32. The van der Waals surface area contributed by atoms with Crippen LogP contribution in [0.1, 0.15) is 0 Å². The minimum atomic E-state index is -4.24. The zero-order chi connectivity index (χ0) is 15.9. The van der Waals surface area contributed by atoms with E-state index in [1.54, 1.807) is 24.3 Å². The lowest BCUT2D eigenvalue weighted by atomic mass is 9.97. The molecule has 0 radical (unpaired) electrons. The average molecular weight is 315 g/mol. The number of fused-ring (bicyclic) bond motifs is 1. The van der Waals surface area contributed by atoms with Gasteiger partial charge in [-0.2, -0.15) is 8.42 Å². The normalized spacial score (nSPS) is 11.7. The summed E-state index contributed by atoms with van der Waals surface area (Å²) in [5.41, 5.74) is 7.93. The summed E-state index contributed by atoms with van der Waals surface area (Å²) < 4.78 is 31.6. The molecule has 3 rings (SSSR count). The molecule has 0 saturated carbocycles. The van der Waals surface area contributed by atoms with Gasteiger partial charge in [0.05, 0.1) is 4.90 Å². The number of nitrogens with two attached hydrogens (primary N) is 1. The zero-order valence-electron chi connectivity index (χ0n) is 11.4. The number of rotatable bonds is 2. The van der Waals surface area contributed by atoms with Crippen LogP contribution in [0.3, 0.4) is 0 Å². The lowest BCUT2D eigenvalue weighted by molar-refractivity contribution is 0.475. The molecule has 0 saturated heterocycles. The predicted octanol–water partition coefficient (Wildman–Crippen LogP) is 3.04. The van der Waals surface area contributed by atoms with Crippen molar-refractivity contribution in [2.24, 2.45) is 0 Å². The highest BCUT2D eigenvalue weighted by Crippen LogP contribution is 2.34. The van der Waals surface area contributed by atoms with Gasteiger partial charge in [-0.15, -0.1) is 0 Å². The largest absolute Gasteiger partial charge is 0.508 e. The Hall–Kier alpha value is -2.57. The van der Waals surface area contributed by atoms with Crippen molar-refractivity contribution in [2.45, 2.75) is 4.90 Å². The van der Waals surface area contributed by atoms with Gasteiger partial charge in [0.15, 0.2) is 0 Å². The van der Waals surface area contributed by atoms with Crippen LogP contribution in [0.5, 0.6) is 5.75 Å². The third kappa shape index (κ3) is 2.49. The Morgan fingerprint density at radius 2 is 1.68 bits per heavy atom. The Balaban J connectivity index is 2.28. The van der Waals surface area contributed by atoms with Crippen LogP contribution in [0.2, 0.25) is 0 Å². The Morgan fingerprint density at radius 3 is 2.36 bits per heavy atom. The van der Waals surface area contributed by atoms with Crippen LogP contribution in [-0.4, -0.2) is 18.1 Å². The molecule has 3 aromatic carbocycles. The van der Waals surface area contributed by atoms with E-state index < -0.39 is 10.1 Å². The summed E-state index contributed by atoms with van der Waals surface area (Å²) in [7, 11) is -4.24. The van der Waals surface area contributed by atoms with E-state index in [1.165, 1.54) is 24.3 Å². The molecule has 0 aliphatic rings. The van der Waals surface area contributed by atoms with E-state index >= 15 is 0 Å². The van der Waals surface area contributed by atoms with E-state index in [4.69, 9.17) is 10.3 Å². The van der Waals surface area contributed by atoms with Gasteiger partial charge in [-0.25, -0.2) is 0 Å². The minimum Gasteiger partial charge on any atom is -0.508 e. The first-order chi connectivity index (χ1) is 10.4. The molecule has 0 aliphatic heterocycles. The van der Waals surface area contributed by atoms with Crippen LogP contribution in [0.25, 0.3) is 21.9 Å². The van der Waals surface area contributed by atoms with E-state index in [-0.39, 0.29) is 10.6 Å². The first-order valence-electron chi connectivity index (χ1n) is 6.45. The summed E-state index contributed by atoms with van der Waals surface area (Å²) in [6.45, 7) is 0. The van der Waals surface area contributed by atoms with E-state index in [1.807, 2.05) is 6.07 Å². The molecule has 6 heteroatoms. The van der Waals surface area contributed by atoms with Gasteiger partial charge >= 0.3 is 0 Å². The highest BCUT2D eigenvalue weighted by atomic mass is 32.2. The lowest BCUT2D eigenvalue weighted by Crippen LogP contribution is -1.97. The molecule has 3 aromatic rings. The summed E-state index contributed by atoms with van der Waals surface area (Å²) in [6, 6.07) is 14.5. The van der Waals surface area contributed by atoms with Crippen molar-refractivity contribution in [3.63, 3.8) is 0 Å². The molecular weight excluding hydrogens is 302 g/mol. The Bertz CT molecular complexity index is 981. The van der Waals surface area contributed by atoms with Gasteiger partial charge in [0.2, 0.25) is 0 Å². The second kappa shape index (κ2) is 5.01. The maximum Gasteiger partial charge on any atom is 0.294 e. The van der Waals surface area contributed by atoms with Crippen molar-refractivity contribution in [2.75, 3.05) is 5.73 Å².